The van der Waals surface area contributed by atoms with Crippen molar-refractivity contribution >= 4 is 6.09 Å². The van der Waals surface area contributed by atoms with Gasteiger partial charge < -0.3 is 9.90 Å². The Kier molecular flexibility index (Phi) is 5.69. The second-order valence-electron chi connectivity index (χ2n) is 6.02. The molecule has 1 amide bonds. The Balaban J connectivity index is 4.66. The molecular formula is C13H24NO3-. The van der Waals surface area contributed by atoms with E-state index in [-0.39, 0.29) is 5.41 Å². The Hall–Kier alpha value is -1.03. The number of carbonyl (C=O) groups is 1. The first-order valence-electron chi connectivity index (χ1n) is 5.85. The molecule has 100 valence electrons. The highest BCUT2D eigenvalue weighted by Gasteiger charge is 2.32. The van der Waals surface area contributed by atoms with Crippen LogP contribution < -0.4 is 5.11 Å². The van der Waals surface area contributed by atoms with Crippen LogP contribution in [0.5, 0.6) is 0 Å². The summed E-state index contributed by atoms with van der Waals surface area (Å²) in [6.07, 6.45) is 1.67. The Morgan fingerprint density at radius 3 is 2.24 bits per heavy atom. The van der Waals surface area contributed by atoms with Crippen LogP contribution in [0.3, 0.4) is 0 Å². The molecule has 0 spiro atoms. The minimum atomic E-state index is -1.30. The first-order chi connectivity index (χ1) is 7.60. The van der Waals surface area contributed by atoms with Gasteiger partial charge in [-0.2, -0.15) is 0 Å². The lowest BCUT2D eigenvalue weighted by Gasteiger charge is -2.42. The number of hydrogen-bond donors (Lipinski definition) is 0. The van der Waals surface area contributed by atoms with Crippen LogP contribution in [0.2, 0.25) is 0 Å². The summed E-state index contributed by atoms with van der Waals surface area (Å²) >= 11 is 0. The van der Waals surface area contributed by atoms with E-state index < -0.39 is 11.6 Å². The molecule has 0 aliphatic heterocycles. The average Bonchev–Trinajstić information content (AvgIpc) is 2.07. The summed E-state index contributed by atoms with van der Waals surface area (Å²) in [5, 5.41) is 12.0. The first kappa shape index (κ1) is 16.0. The molecule has 0 rings (SSSR count). The Bertz CT molecular complexity index is 266. The van der Waals surface area contributed by atoms with Crippen molar-refractivity contribution in [1.29, 1.82) is 0 Å². The summed E-state index contributed by atoms with van der Waals surface area (Å²) in [4.78, 5) is 16.3. The van der Waals surface area contributed by atoms with Crippen LogP contribution in [0.4, 0.5) is 4.79 Å². The van der Waals surface area contributed by atoms with E-state index in [0.29, 0.717) is 19.4 Å². The average molecular weight is 242 g/mol. The monoisotopic (exact) mass is 242 g/mol. The van der Waals surface area contributed by atoms with E-state index >= 15 is 0 Å². The standard InChI is InChI=1S/C13H25NO3/c1-7-8-9-17-14(11(15)16)13(5,6)10-12(2,3)4/h7H,1,8-10H2,2-6H3,(H,15,16)/p-1. The van der Waals surface area contributed by atoms with Crippen LogP contribution in [0.1, 0.15) is 47.5 Å². The molecule has 4 heteroatoms. The van der Waals surface area contributed by atoms with Gasteiger partial charge in [-0.05, 0) is 32.1 Å². The smallest absolute Gasteiger partial charge is 0.163 e. The van der Waals surface area contributed by atoms with Crippen molar-refractivity contribution in [2.24, 2.45) is 5.41 Å². The molecule has 0 saturated carbocycles. The molecule has 0 unspecified atom stereocenters. The second-order valence-corrected chi connectivity index (χ2v) is 6.02. The summed E-state index contributed by atoms with van der Waals surface area (Å²) in [6.45, 7) is 13.7. The van der Waals surface area contributed by atoms with Crippen molar-refractivity contribution < 1.29 is 14.7 Å². The van der Waals surface area contributed by atoms with Gasteiger partial charge in [0.1, 0.15) is 0 Å². The molecule has 0 aromatic rings. The van der Waals surface area contributed by atoms with E-state index in [9.17, 15) is 9.90 Å². The fraction of sp³-hybridized carbons (Fsp3) is 0.769. The van der Waals surface area contributed by atoms with Crippen molar-refractivity contribution in [3.63, 3.8) is 0 Å². The molecule has 0 heterocycles. The third kappa shape index (κ3) is 6.31. The second kappa shape index (κ2) is 6.05. The molecule has 0 atom stereocenters. The molecule has 0 bridgehead atoms. The predicted molar refractivity (Wildman–Crippen MR) is 66.2 cm³/mol. The van der Waals surface area contributed by atoms with Crippen LogP contribution in [0, 0.1) is 5.41 Å². The number of hydroxylamine groups is 2. The van der Waals surface area contributed by atoms with E-state index in [1.165, 1.54) is 0 Å². The van der Waals surface area contributed by atoms with E-state index in [0.717, 1.165) is 5.06 Å². The zero-order chi connectivity index (χ0) is 13.7. The molecular weight excluding hydrogens is 218 g/mol. The van der Waals surface area contributed by atoms with Gasteiger partial charge in [0.15, 0.2) is 6.09 Å². The maximum atomic E-state index is 11.1. The topological polar surface area (TPSA) is 52.6 Å². The van der Waals surface area contributed by atoms with Gasteiger partial charge in [0.05, 0.1) is 12.1 Å². The van der Waals surface area contributed by atoms with Gasteiger partial charge in [0.25, 0.3) is 0 Å². The van der Waals surface area contributed by atoms with Gasteiger partial charge in [0.2, 0.25) is 0 Å². The van der Waals surface area contributed by atoms with Gasteiger partial charge in [-0.25, -0.2) is 5.06 Å². The molecule has 0 aliphatic carbocycles. The summed E-state index contributed by atoms with van der Waals surface area (Å²) in [6, 6.07) is 0. The number of carbonyl (C=O) groups excluding carboxylic acids is 1. The van der Waals surface area contributed by atoms with Gasteiger partial charge in [-0.3, -0.25) is 4.84 Å². The molecule has 0 saturated heterocycles. The van der Waals surface area contributed by atoms with Crippen molar-refractivity contribution in [2.45, 2.75) is 53.0 Å². The fourth-order valence-corrected chi connectivity index (χ4v) is 2.07. The quantitative estimate of drug-likeness (QED) is 0.408. The summed E-state index contributed by atoms with van der Waals surface area (Å²) < 4.78 is 0. The van der Waals surface area contributed by atoms with Crippen LogP contribution in [0.25, 0.3) is 0 Å². The maximum Gasteiger partial charge on any atom is 0.163 e. The highest BCUT2D eigenvalue weighted by atomic mass is 16.7. The summed E-state index contributed by atoms with van der Waals surface area (Å²) in [5.41, 5.74) is -0.600. The molecule has 0 aromatic carbocycles. The molecule has 17 heavy (non-hydrogen) atoms. The molecule has 0 fully saturated rings. The first-order valence-corrected chi connectivity index (χ1v) is 5.85. The van der Waals surface area contributed by atoms with Crippen molar-refractivity contribution in [2.75, 3.05) is 6.61 Å². The normalized spacial score (nSPS) is 12.3. The number of nitrogens with zero attached hydrogens (tertiary/aromatic N) is 1. The lowest BCUT2D eigenvalue weighted by atomic mass is 9.81. The SMILES string of the molecule is C=CCCON(C(=O)[O-])C(C)(C)CC(C)(C)C. The lowest BCUT2D eigenvalue weighted by molar-refractivity contribution is -0.320. The van der Waals surface area contributed by atoms with E-state index in [4.69, 9.17) is 4.84 Å². The number of hydrogen-bond acceptors (Lipinski definition) is 3. The van der Waals surface area contributed by atoms with Gasteiger partial charge >= 0.3 is 0 Å². The van der Waals surface area contributed by atoms with Gasteiger partial charge in [-0.1, -0.05) is 26.8 Å². The van der Waals surface area contributed by atoms with Gasteiger partial charge in [-0.15, -0.1) is 6.58 Å². The van der Waals surface area contributed by atoms with Crippen molar-refractivity contribution in [1.82, 2.24) is 5.06 Å². The van der Waals surface area contributed by atoms with E-state index in [1.54, 1.807) is 6.08 Å². The minimum Gasteiger partial charge on any atom is -0.528 e. The molecule has 0 N–H and O–H groups in total. The summed E-state index contributed by atoms with van der Waals surface area (Å²) in [5.74, 6) is 0. The molecule has 0 radical (unpaired) electrons. The van der Waals surface area contributed by atoms with Crippen LogP contribution in [-0.2, 0) is 4.84 Å². The molecule has 0 aromatic heterocycles. The number of carboxylic acid groups (broad SMARTS) is 1. The predicted octanol–water partition coefficient (Wildman–Crippen LogP) is 2.35. The number of amides is 1. The third-order valence-corrected chi connectivity index (χ3v) is 2.22. The zero-order valence-electron chi connectivity index (χ0n) is 11.6. The third-order valence-electron chi connectivity index (χ3n) is 2.22. The van der Waals surface area contributed by atoms with E-state index in [1.807, 2.05) is 13.8 Å². The highest BCUT2D eigenvalue weighted by molar-refractivity contribution is 5.62. The van der Waals surface area contributed by atoms with Crippen LogP contribution in [-0.4, -0.2) is 23.3 Å². The lowest BCUT2D eigenvalue weighted by Crippen LogP contribution is -2.54. The Morgan fingerprint density at radius 1 is 1.35 bits per heavy atom. The largest absolute Gasteiger partial charge is 0.528 e. The number of rotatable bonds is 6. The zero-order valence-corrected chi connectivity index (χ0v) is 11.6. The van der Waals surface area contributed by atoms with Crippen LogP contribution in [0.15, 0.2) is 12.7 Å². The van der Waals surface area contributed by atoms with Gasteiger partial charge in [0, 0.05) is 0 Å². The Morgan fingerprint density at radius 2 is 1.88 bits per heavy atom. The van der Waals surface area contributed by atoms with Crippen molar-refractivity contribution in [3.8, 4) is 0 Å². The highest BCUT2D eigenvalue weighted by Crippen LogP contribution is 2.31. The molecule has 0 aliphatic rings. The van der Waals surface area contributed by atoms with Crippen LogP contribution >= 0.6 is 0 Å². The van der Waals surface area contributed by atoms with Crippen molar-refractivity contribution in [3.05, 3.63) is 12.7 Å². The van der Waals surface area contributed by atoms with E-state index in [2.05, 4.69) is 27.4 Å². The minimum absolute atomic E-state index is 0.0129. The fourth-order valence-electron chi connectivity index (χ4n) is 2.07. The summed E-state index contributed by atoms with van der Waals surface area (Å²) in [7, 11) is 0. The molecule has 4 nitrogen and oxygen atoms in total. The Labute approximate surface area is 104 Å². The maximum absolute atomic E-state index is 11.1.